The van der Waals surface area contributed by atoms with Gasteiger partial charge in [0, 0.05) is 56.3 Å². The predicted molar refractivity (Wildman–Crippen MR) is 124 cm³/mol. The fourth-order valence-corrected chi connectivity index (χ4v) is 5.28. The molecule has 0 aromatic heterocycles. The fourth-order valence-electron chi connectivity index (χ4n) is 5.28. The number of carboxylic acids is 3. The quantitative estimate of drug-likeness (QED) is 0.589. The van der Waals surface area contributed by atoms with Gasteiger partial charge in [0.1, 0.15) is 0 Å². The van der Waals surface area contributed by atoms with Crippen LogP contribution in [0.15, 0.2) is 18.2 Å². The van der Waals surface area contributed by atoms with E-state index in [0.29, 0.717) is 77.8 Å². The summed E-state index contributed by atoms with van der Waals surface area (Å²) in [4.78, 5) is 40.8. The van der Waals surface area contributed by atoms with Crippen molar-refractivity contribution in [3.8, 4) is 0 Å². The second kappa shape index (κ2) is 9.89. The Morgan fingerprint density at radius 2 is 0.727 bits per heavy atom. The van der Waals surface area contributed by atoms with Crippen molar-refractivity contribution in [1.82, 2.24) is 0 Å². The van der Waals surface area contributed by atoms with Crippen molar-refractivity contribution in [2.45, 2.75) is 38.5 Å². The lowest BCUT2D eigenvalue weighted by Crippen LogP contribution is -2.39. The molecule has 3 N–H and O–H groups in total. The molecule has 1 aromatic rings. The summed E-state index contributed by atoms with van der Waals surface area (Å²) in [5.74, 6) is -3.08. The van der Waals surface area contributed by atoms with E-state index >= 15 is 0 Å². The van der Waals surface area contributed by atoms with E-state index in [-0.39, 0.29) is 17.8 Å². The van der Waals surface area contributed by atoms with Crippen molar-refractivity contribution in [2.24, 2.45) is 17.8 Å². The van der Waals surface area contributed by atoms with Crippen LogP contribution in [0.3, 0.4) is 0 Å². The molecule has 1 aromatic carbocycles. The minimum absolute atomic E-state index is 0.297. The maximum Gasteiger partial charge on any atom is 0.306 e. The van der Waals surface area contributed by atoms with Crippen LogP contribution in [0.25, 0.3) is 0 Å². The summed E-state index contributed by atoms with van der Waals surface area (Å²) in [6.45, 7) is 4.10. The third-order valence-corrected chi connectivity index (χ3v) is 7.52. The zero-order valence-electron chi connectivity index (χ0n) is 18.9. The molecule has 0 spiro atoms. The monoisotopic (exact) mass is 459 g/mol. The van der Waals surface area contributed by atoms with E-state index in [1.54, 1.807) is 0 Å². The van der Waals surface area contributed by atoms with Crippen LogP contribution in [0.2, 0.25) is 0 Å². The number of carbonyl (C=O) groups is 3. The third-order valence-electron chi connectivity index (χ3n) is 7.52. The molecule has 9 nitrogen and oxygen atoms in total. The van der Waals surface area contributed by atoms with Gasteiger partial charge in [-0.1, -0.05) is 0 Å². The number of anilines is 3. The second-order valence-corrected chi connectivity index (χ2v) is 9.51. The van der Waals surface area contributed by atoms with Gasteiger partial charge in [-0.15, -0.1) is 0 Å². The molecule has 0 amide bonds. The lowest BCUT2D eigenvalue weighted by Gasteiger charge is -2.37. The number of hydrogen-bond acceptors (Lipinski definition) is 6. The van der Waals surface area contributed by atoms with Crippen molar-refractivity contribution in [1.29, 1.82) is 0 Å². The molecule has 3 saturated heterocycles. The van der Waals surface area contributed by atoms with Crippen LogP contribution in [0.5, 0.6) is 0 Å². The molecule has 4 rings (SSSR count). The van der Waals surface area contributed by atoms with Gasteiger partial charge in [-0.05, 0) is 56.7 Å². The van der Waals surface area contributed by atoms with Crippen molar-refractivity contribution in [3.05, 3.63) is 18.2 Å². The average molecular weight is 460 g/mol. The van der Waals surface area contributed by atoms with Crippen LogP contribution in [0.4, 0.5) is 17.1 Å². The van der Waals surface area contributed by atoms with Gasteiger partial charge in [-0.2, -0.15) is 0 Å². The number of aliphatic carboxylic acids is 3. The van der Waals surface area contributed by atoms with Gasteiger partial charge in [-0.25, -0.2) is 0 Å². The minimum atomic E-state index is -0.730. The fraction of sp³-hybridized carbons (Fsp3) is 0.625. The van der Waals surface area contributed by atoms with Crippen LogP contribution < -0.4 is 14.7 Å². The molecular formula is C24H33N3O6. The molecule has 3 fully saturated rings. The Balaban J connectivity index is 1.55. The summed E-state index contributed by atoms with van der Waals surface area (Å²) in [5.41, 5.74) is 3.14. The summed E-state index contributed by atoms with van der Waals surface area (Å²) in [7, 11) is 0. The Morgan fingerprint density at radius 3 is 0.909 bits per heavy atom. The highest BCUT2D eigenvalue weighted by atomic mass is 16.4. The van der Waals surface area contributed by atoms with Gasteiger partial charge >= 0.3 is 17.9 Å². The largest absolute Gasteiger partial charge is 0.481 e. The zero-order valence-corrected chi connectivity index (χ0v) is 18.9. The SMILES string of the molecule is O=C(O)C1CCN(c2cc(N3CCC(C(=O)O)CC3)cc(N3CCC(C(=O)O)CC3)c2)CC1. The number of benzene rings is 1. The normalized spacial score (nSPS) is 21.3. The molecule has 0 atom stereocenters. The minimum Gasteiger partial charge on any atom is -0.481 e. The zero-order chi connectivity index (χ0) is 23.5. The van der Waals surface area contributed by atoms with Gasteiger partial charge in [0.25, 0.3) is 0 Å². The molecule has 0 saturated carbocycles. The molecule has 3 aliphatic rings. The lowest BCUT2D eigenvalue weighted by atomic mass is 9.95. The summed E-state index contributed by atoms with van der Waals surface area (Å²) in [6.07, 6.45) is 3.68. The molecule has 33 heavy (non-hydrogen) atoms. The Morgan fingerprint density at radius 1 is 0.515 bits per heavy atom. The topological polar surface area (TPSA) is 122 Å². The molecule has 9 heteroatoms. The first kappa shape index (κ1) is 23.2. The number of hydrogen-bond donors (Lipinski definition) is 3. The molecule has 0 aliphatic carbocycles. The maximum atomic E-state index is 11.4. The lowest BCUT2D eigenvalue weighted by molar-refractivity contribution is -0.143. The first-order valence-corrected chi connectivity index (χ1v) is 11.9. The molecule has 3 heterocycles. The first-order chi connectivity index (χ1) is 15.8. The van der Waals surface area contributed by atoms with Crippen molar-refractivity contribution in [3.63, 3.8) is 0 Å². The molecule has 0 unspecified atom stereocenters. The second-order valence-electron chi connectivity index (χ2n) is 9.51. The van der Waals surface area contributed by atoms with E-state index in [9.17, 15) is 29.7 Å². The van der Waals surface area contributed by atoms with Crippen LogP contribution in [0, 0.1) is 17.8 Å². The summed E-state index contributed by atoms with van der Waals surface area (Å²) in [6, 6.07) is 6.40. The van der Waals surface area contributed by atoms with E-state index in [0.717, 1.165) is 17.1 Å². The standard InChI is InChI=1S/C24H33N3O6/c28-22(29)16-1-7-25(8-2-16)19-13-20(26-9-3-17(4-10-26)23(30)31)15-21(14-19)27-11-5-18(6-12-27)24(32)33/h13-18H,1-12H2,(H,28,29)(H,30,31)(H,32,33). The predicted octanol–water partition coefficient (Wildman–Crippen LogP) is 2.59. The number of rotatable bonds is 6. The van der Waals surface area contributed by atoms with E-state index in [4.69, 9.17) is 0 Å². The van der Waals surface area contributed by atoms with Crippen LogP contribution in [-0.4, -0.2) is 72.5 Å². The van der Waals surface area contributed by atoms with Crippen molar-refractivity contribution in [2.75, 3.05) is 54.0 Å². The molecule has 0 bridgehead atoms. The van der Waals surface area contributed by atoms with E-state index in [1.807, 2.05) is 0 Å². The number of piperidine rings is 3. The van der Waals surface area contributed by atoms with Gasteiger partial charge in [0.2, 0.25) is 0 Å². The Kier molecular flexibility index (Phi) is 6.95. The maximum absolute atomic E-state index is 11.4. The molecular weight excluding hydrogens is 426 g/mol. The Labute approximate surface area is 193 Å². The van der Waals surface area contributed by atoms with Gasteiger partial charge in [-0.3, -0.25) is 14.4 Å². The highest BCUT2D eigenvalue weighted by molar-refractivity contribution is 5.74. The third kappa shape index (κ3) is 5.34. The smallest absolute Gasteiger partial charge is 0.306 e. The highest BCUT2D eigenvalue weighted by Crippen LogP contribution is 2.35. The summed E-state index contributed by atoms with van der Waals surface area (Å²) in [5, 5.41) is 28.0. The Hall–Kier alpha value is -2.97. The number of carboxylic acid groups (broad SMARTS) is 3. The van der Waals surface area contributed by atoms with Crippen molar-refractivity contribution >= 4 is 35.0 Å². The number of nitrogens with zero attached hydrogens (tertiary/aromatic N) is 3. The Bertz CT molecular complexity index is 756. The van der Waals surface area contributed by atoms with Gasteiger partial charge < -0.3 is 30.0 Å². The van der Waals surface area contributed by atoms with Crippen LogP contribution in [-0.2, 0) is 14.4 Å². The summed E-state index contributed by atoms with van der Waals surface area (Å²) < 4.78 is 0. The molecule has 3 aliphatic heterocycles. The van der Waals surface area contributed by atoms with E-state index in [1.165, 1.54) is 0 Å². The highest BCUT2D eigenvalue weighted by Gasteiger charge is 2.29. The van der Waals surface area contributed by atoms with Gasteiger partial charge in [0.15, 0.2) is 0 Å². The summed E-state index contributed by atoms with van der Waals surface area (Å²) >= 11 is 0. The molecule has 180 valence electrons. The average Bonchev–Trinajstić information content (AvgIpc) is 2.84. The van der Waals surface area contributed by atoms with Crippen LogP contribution in [0.1, 0.15) is 38.5 Å². The van der Waals surface area contributed by atoms with Crippen LogP contribution >= 0.6 is 0 Å². The van der Waals surface area contributed by atoms with Crippen molar-refractivity contribution < 1.29 is 29.7 Å². The van der Waals surface area contributed by atoms with Gasteiger partial charge in [0.05, 0.1) is 17.8 Å². The van der Waals surface area contributed by atoms with E-state index in [2.05, 4.69) is 32.9 Å². The van der Waals surface area contributed by atoms with E-state index < -0.39 is 17.9 Å². The molecule has 0 radical (unpaired) electrons. The first-order valence-electron chi connectivity index (χ1n) is 11.9.